The molecule has 0 unspecified atom stereocenters. The van der Waals surface area contributed by atoms with Crippen molar-refractivity contribution in [2.75, 3.05) is 19.6 Å². The number of hydrogen-bond acceptors (Lipinski definition) is 4. The number of urea groups is 1. The molecule has 0 atom stereocenters. The van der Waals surface area contributed by atoms with Gasteiger partial charge in [-0.05, 0) is 0 Å². The van der Waals surface area contributed by atoms with Gasteiger partial charge in [0.1, 0.15) is 18.9 Å². The van der Waals surface area contributed by atoms with Crippen molar-refractivity contribution in [2.45, 2.75) is 13.1 Å². The van der Waals surface area contributed by atoms with Crippen LogP contribution < -0.4 is 5.73 Å². The summed E-state index contributed by atoms with van der Waals surface area (Å²) in [5, 5.41) is 8.79. The van der Waals surface area contributed by atoms with Crippen LogP contribution in [0, 0.1) is 0 Å². The molecule has 9 heteroatoms. The second kappa shape index (κ2) is 5.59. The smallest absolute Gasteiger partial charge is 0.323 e. The van der Waals surface area contributed by atoms with E-state index in [1.54, 1.807) is 6.20 Å². The number of carbonyl (C=O) groups is 3. The first-order chi connectivity index (χ1) is 9.47. The molecule has 1 aliphatic heterocycles. The number of aliphatic carboxylic acids is 1. The van der Waals surface area contributed by atoms with Gasteiger partial charge in [0, 0.05) is 25.5 Å². The van der Waals surface area contributed by atoms with E-state index in [9.17, 15) is 14.4 Å². The summed E-state index contributed by atoms with van der Waals surface area (Å²) in [6.45, 7) is 0.305. The molecule has 1 aliphatic rings. The predicted octanol–water partition coefficient (Wildman–Crippen LogP) is -1.31. The van der Waals surface area contributed by atoms with Crippen LogP contribution in [0.15, 0.2) is 12.4 Å². The minimum absolute atomic E-state index is 0.278. The molecule has 0 saturated carbocycles. The number of nitrogens with two attached hydrogens (primary N) is 1. The lowest BCUT2D eigenvalue weighted by Crippen LogP contribution is -2.50. The molecule has 0 bridgehead atoms. The highest BCUT2D eigenvalue weighted by Crippen LogP contribution is 2.12. The highest BCUT2D eigenvalue weighted by atomic mass is 16.4. The third-order valence-electron chi connectivity index (χ3n) is 2.96. The number of primary amides is 1. The van der Waals surface area contributed by atoms with Crippen molar-refractivity contribution in [2.24, 2.45) is 5.73 Å². The molecule has 0 radical (unpaired) electrons. The van der Waals surface area contributed by atoms with Crippen molar-refractivity contribution >= 4 is 17.9 Å². The molecular formula is C11H15N5O4. The van der Waals surface area contributed by atoms with Crippen LogP contribution >= 0.6 is 0 Å². The molecule has 0 fully saturated rings. The van der Waals surface area contributed by atoms with Crippen molar-refractivity contribution in [3.05, 3.63) is 18.2 Å². The van der Waals surface area contributed by atoms with E-state index in [4.69, 9.17) is 10.8 Å². The Kier molecular flexibility index (Phi) is 3.87. The van der Waals surface area contributed by atoms with Gasteiger partial charge in [-0.15, -0.1) is 0 Å². The number of amides is 3. The number of carboxylic acids is 1. The van der Waals surface area contributed by atoms with E-state index in [1.165, 1.54) is 4.90 Å². The van der Waals surface area contributed by atoms with Crippen LogP contribution in [0.25, 0.3) is 0 Å². The largest absolute Gasteiger partial charge is 0.480 e. The van der Waals surface area contributed by atoms with Gasteiger partial charge >= 0.3 is 12.0 Å². The SMILES string of the molecule is NC(=O)CN(CC(=O)O)C(=O)N1CCn2ccnc2C1. The van der Waals surface area contributed by atoms with Crippen molar-refractivity contribution in [1.82, 2.24) is 19.4 Å². The van der Waals surface area contributed by atoms with E-state index in [0.717, 1.165) is 10.7 Å². The third kappa shape index (κ3) is 3.05. The Morgan fingerprint density at radius 2 is 2.10 bits per heavy atom. The van der Waals surface area contributed by atoms with E-state index >= 15 is 0 Å². The molecule has 0 spiro atoms. The molecule has 108 valence electrons. The summed E-state index contributed by atoms with van der Waals surface area (Å²) in [7, 11) is 0. The van der Waals surface area contributed by atoms with Crippen molar-refractivity contribution in [3.63, 3.8) is 0 Å². The van der Waals surface area contributed by atoms with E-state index in [2.05, 4.69) is 4.98 Å². The summed E-state index contributed by atoms with van der Waals surface area (Å²) < 4.78 is 1.92. The highest BCUT2D eigenvalue weighted by molar-refractivity contribution is 5.86. The van der Waals surface area contributed by atoms with E-state index in [0.29, 0.717) is 13.1 Å². The number of rotatable bonds is 4. The zero-order chi connectivity index (χ0) is 14.7. The first kappa shape index (κ1) is 13.8. The molecule has 9 nitrogen and oxygen atoms in total. The monoisotopic (exact) mass is 281 g/mol. The van der Waals surface area contributed by atoms with Gasteiger partial charge < -0.3 is 25.2 Å². The van der Waals surface area contributed by atoms with E-state index in [-0.39, 0.29) is 6.54 Å². The van der Waals surface area contributed by atoms with Gasteiger partial charge in [0.2, 0.25) is 5.91 Å². The minimum atomic E-state index is -1.20. The van der Waals surface area contributed by atoms with Gasteiger partial charge in [0.15, 0.2) is 0 Å². The molecule has 3 N–H and O–H groups in total. The number of nitrogens with zero attached hydrogens (tertiary/aromatic N) is 4. The van der Waals surface area contributed by atoms with Gasteiger partial charge in [0.05, 0.1) is 6.54 Å². The minimum Gasteiger partial charge on any atom is -0.480 e. The van der Waals surface area contributed by atoms with Crippen molar-refractivity contribution in [1.29, 1.82) is 0 Å². The fourth-order valence-electron chi connectivity index (χ4n) is 2.08. The summed E-state index contributed by atoms with van der Waals surface area (Å²) in [6.07, 6.45) is 3.46. The van der Waals surface area contributed by atoms with Crippen LogP contribution in [0.2, 0.25) is 0 Å². The maximum Gasteiger partial charge on any atom is 0.323 e. The lowest BCUT2D eigenvalue weighted by Gasteiger charge is -2.32. The Hall–Kier alpha value is -2.58. The average Bonchev–Trinajstić information content (AvgIpc) is 2.83. The number of fused-ring (bicyclic) bond motifs is 1. The lowest BCUT2D eigenvalue weighted by atomic mass is 10.3. The Labute approximate surface area is 114 Å². The van der Waals surface area contributed by atoms with Gasteiger partial charge in [-0.2, -0.15) is 0 Å². The van der Waals surface area contributed by atoms with E-state index in [1.807, 2.05) is 10.8 Å². The molecule has 20 heavy (non-hydrogen) atoms. The molecule has 1 aromatic rings. The molecule has 3 amide bonds. The number of carbonyl (C=O) groups excluding carboxylic acids is 2. The Bertz CT molecular complexity index is 525. The Morgan fingerprint density at radius 3 is 2.75 bits per heavy atom. The predicted molar refractivity (Wildman–Crippen MR) is 66.4 cm³/mol. The quantitative estimate of drug-likeness (QED) is 0.709. The summed E-state index contributed by atoms with van der Waals surface area (Å²) in [4.78, 5) is 40.4. The standard InChI is InChI=1S/C11H15N5O4/c12-8(17)5-16(7-10(18)19)11(20)15-4-3-14-2-1-13-9(14)6-15/h1-2H,3-7H2,(H2,12,17)(H,18,19). The third-order valence-corrected chi connectivity index (χ3v) is 2.96. The van der Waals surface area contributed by atoms with Crippen LogP contribution in [0.3, 0.4) is 0 Å². The van der Waals surface area contributed by atoms with Crippen LogP contribution in [0.5, 0.6) is 0 Å². The molecule has 2 rings (SSSR count). The van der Waals surface area contributed by atoms with E-state index < -0.39 is 31.0 Å². The lowest BCUT2D eigenvalue weighted by molar-refractivity contribution is -0.138. The molecule has 1 aromatic heterocycles. The second-order valence-corrected chi connectivity index (χ2v) is 4.46. The maximum absolute atomic E-state index is 12.2. The molecule has 2 heterocycles. The van der Waals surface area contributed by atoms with Gasteiger partial charge in [-0.1, -0.05) is 0 Å². The van der Waals surface area contributed by atoms with Crippen LogP contribution in [0.1, 0.15) is 5.82 Å². The first-order valence-electron chi connectivity index (χ1n) is 6.01. The molecule has 0 aliphatic carbocycles. The zero-order valence-corrected chi connectivity index (χ0v) is 10.7. The number of hydrogen-bond donors (Lipinski definition) is 2. The van der Waals surface area contributed by atoms with Crippen LogP contribution in [0.4, 0.5) is 4.79 Å². The maximum atomic E-state index is 12.2. The van der Waals surface area contributed by atoms with Crippen molar-refractivity contribution < 1.29 is 19.5 Å². The van der Waals surface area contributed by atoms with Crippen LogP contribution in [-0.2, 0) is 22.7 Å². The fraction of sp³-hybridized carbons (Fsp3) is 0.455. The summed E-state index contributed by atoms with van der Waals surface area (Å²) in [5.41, 5.74) is 5.04. The molecule has 0 saturated heterocycles. The fourth-order valence-corrected chi connectivity index (χ4v) is 2.08. The van der Waals surface area contributed by atoms with Gasteiger partial charge in [-0.3, -0.25) is 9.59 Å². The van der Waals surface area contributed by atoms with Gasteiger partial charge in [-0.25, -0.2) is 9.78 Å². The normalized spacial score (nSPS) is 13.7. The Morgan fingerprint density at radius 1 is 1.35 bits per heavy atom. The summed E-state index contributed by atoms with van der Waals surface area (Å²) in [6, 6.07) is -0.527. The van der Waals surface area contributed by atoms with Crippen molar-refractivity contribution in [3.8, 4) is 0 Å². The summed E-state index contributed by atoms with van der Waals surface area (Å²) in [5.74, 6) is -1.23. The average molecular weight is 281 g/mol. The van der Waals surface area contributed by atoms with Gasteiger partial charge in [0.25, 0.3) is 0 Å². The molecule has 0 aromatic carbocycles. The highest BCUT2D eigenvalue weighted by Gasteiger charge is 2.27. The topological polar surface area (TPSA) is 122 Å². The second-order valence-electron chi connectivity index (χ2n) is 4.46. The number of imidazole rings is 1. The Balaban J connectivity index is 2.08. The molecular weight excluding hydrogens is 266 g/mol. The zero-order valence-electron chi connectivity index (χ0n) is 10.7. The number of aromatic nitrogens is 2. The first-order valence-corrected chi connectivity index (χ1v) is 6.01. The van der Waals surface area contributed by atoms with Crippen LogP contribution in [-0.4, -0.2) is 62.0 Å². The summed E-state index contributed by atoms with van der Waals surface area (Å²) >= 11 is 0. The number of carboxylic acid groups (broad SMARTS) is 1.